The van der Waals surface area contributed by atoms with E-state index in [9.17, 15) is 17.9 Å². The number of anilines is 4. The summed E-state index contributed by atoms with van der Waals surface area (Å²) >= 11 is -2.55. The van der Waals surface area contributed by atoms with Gasteiger partial charge in [0.05, 0.1) is 27.5 Å². The van der Waals surface area contributed by atoms with Gasteiger partial charge < -0.3 is 34.7 Å². The molecule has 2 aromatic carbocycles. The molecule has 1 unspecified atom stereocenters. The molecule has 0 radical (unpaired) electrons. The highest BCUT2D eigenvalue weighted by Gasteiger charge is 2.17. The number of halogens is 1. The fourth-order valence-corrected chi connectivity index (χ4v) is 4.06. The van der Waals surface area contributed by atoms with Crippen molar-refractivity contribution < 1.29 is 32.2 Å². The Kier molecular flexibility index (Phi) is 10.2. The molecule has 0 spiro atoms. The molecule has 3 N–H and O–H groups in total. The van der Waals surface area contributed by atoms with Crippen molar-refractivity contribution in [3.63, 3.8) is 0 Å². The summed E-state index contributed by atoms with van der Waals surface area (Å²) in [6.45, 7) is 2.01. The van der Waals surface area contributed by atoms with Gasteiger partial charge in [-0.05, 0) is 24.1 Å². The minimum absolute atomic E-state index is 0.00506. The molecule has 0 saturated carbocycles. The first-order valence-electron chi connectivity index (χ1n) is 11.3. The van der Waals surface area contributed by atoms with Crippen LogP contribution in [0.2, 0.25) is 0 Å². The van der Waals surface area contributed by atoms with Crippen LogP contribution in [0.5, 0.6) is 17.2 Å². The van der Waals surface area contributed by atoms with Crippen molar-refractivity contribution in [1.29, 1.82) is 0 Å². The van der Waals surface area contributed by atoms with Gasteiger partial charge >= 0.3 is 0 Å². The van der Waals surface area contributed by atoms with Crippen LogP contribution in [0.3, 0.4) is 0 Å². The molecule has 12 nitrogen and oxygen atoms in total. The summed E-state index contributed by atoms with van der Waals surface area (Å²) in [7, 11) is 4.46. The fourth-order valence-electron chi connectivity index (χ4n) is 3.59. The molecule has 1 amide bonds. The van der Waals surface area contributed by atoms with E-state index < -0.39 is 17.1 Å². The van der Waals surface area contributed by atoms with Crippen molar-refractivity contribution in [1.82, 2.24) is 19.6 Å². The van der Waals surface area contributed by atoms with E-state index in [4.69, 9.17) is 14.2 Å². The maximum absolute atomic E-state index is 14.7. The first kappa shape index (κ1) is 28.6. The Morgan fingerprint density at radius 2 is 1.84 bits per heavy atom. The van der Waals surface area contributed by atoms with Gasteiger partial charge in [-0.3, -0.25) is 9.00 Å². The molecule has 14 heteroatoms. The van der Waals surface area contributed by atoms with E-state index >= 15 is 0 Å². The average Bonchev–Trinajstić information content (AvgIpc) is 2.90. The zero-order valence-electron chi connectivity index (χ0n) is 21.2. The predicted molar refractivity (Wildman–Crippen MR) is 139 cm³/mol. The number of benzene rings is 2. The molecule has 0 fully saturated rings. The Labute approximate surface area is 221 Å². The number of rotatable bonds is 14. The molecule has 3 rings (SSSR count). The second-order valence-corrected chi connectivity index (χ2v) is 8.76. The fraction of sp³-hybridized carbons (Fsp3) is 0.292. The molecule has 0 aliphatic heterocycles. The number of methoxy groups -OCH3 is 3. The molecule has 0 aliphatic carbocycles. The number of hydrogen-bond acceptors (Lipinski definition) is 10. The van der Waals surface area contributed by atoms with Gasteiger partial charge in [0.15, 0.2) is 23.1 Å². The highest BCUT2D eigenvalue weighted by molar-refractivity contribution is 7.76. The van der Waals surface area contributed by atoms with Gasteiger partial charge in [0.2, 0.25) is 18.1 Å². The molecule has 0 aliphatic rings. The predicted octanol–water partition coefficient (Wildman–Crippen LogP) is 2.78. The number of carbonyl (C=O) groups excluding carboxylic acids is 1. The van der Waals surface area contributed by atoms with Crippen LogP contribution in [0.4, 0.5) is 27.5 Å². The Balaban J connectivity index is 1.89. The van der Waals surface area contributed by atoms with Crippen molar-refractivity contribution in [2.24, 2.45) is 0 Å². The lowest BCUT2D eigenvalue weighted by atomic mass is 10.1. The second kappa shape index (κ2) is 13.5. The smallest absolute Gasteiger partial charge is 0.229 e. The lowest BCUT2D eigenvalue weighted by Crippen LogP contribution is -2.33. The minimum Gasteiger partial charge on any atom is -0.760 e. The maximum Gasteiger partial charge on any atom is 0.229 e. The highest BCUT2D eigenvalue weighted by Crippen LogP contribution is 2.40. The largest absolute Gasteiger partial charge is 0.760 e. The van der Waals surface area contributed by atoms with Gasteiger partial charge in [-0.1, -0.05) is 12.1 Å². The van der Waals surface area contributed by atoms with Gasteiger partial charge in [-0.25, -0.2) is 13.7 Å². The average molecular weight is 548 g/mol. The van der Waals surface area contributed by atoms with Crippen LogP contribution in [0.1, 0.15) is 11.1 Å². The Morgan fingerprint density at radius 1 is 1.13 bits per heavy atom. The molecule has 38 heavy (non-hydrogen) atoms. The zero-order valence-corrected chi connectivity index (χ0v) is 22.1. The molecule has 1 aromatic heterocycles. The third-order valence-electron chi connectivity index (χ3n) is 5.46. The summed E-state index contributed by atoms with van der Waals surface area (Å²) in [6.07, 6.45) is 1.50. The monoisotopic (exact) mass is 547 g/mol. The van der Waals surface area contributed by atoms with E-state index in [1.165, 1.54) is 21.3 Å². The van der Waals surface area contributed by atoms with Gasteiger partial charge in [0.1, 0.15) is 0 Å². The van der Waals surface area contributed by atoms with Crippen LogP contribution in [0.25, 0.3) is 0 Å². The molecule has 0 saturated heterocycles. The minimum atomic E-state index is -2.55. The first-order chi connectivity index (χ1) is 18.3. The summed E-state index contributed by atoms with van der Waals surface area (Å²) in [6, 6.07) is 8.55. The summed E-state index contributed by atoms with van der Waals surface area (Å²) in [5, 5.41) is 8.37. The van der Waals surface area contributed by atoms with Gasteiger partial charge in [0, 0.05) is 54.4 Å². The molecule has 1 atom stereocenters. The Hall–Kier alpha value is -4.01. The zero-order chi connectivity index (χ0) is 27.7. The van der Waals surface area contributed by atoms with Gasteiger partial charge in [0.25, 0.3) is 0 Å². The molecule has 204 valence electrons. The first-order valence-corrected chi connectivity index (χ1v) is 12.3. The second-order valence-electron chi connectivity index (χ2n) is 7.81. The molecule has 3 aromatic rings. The number of nitrogens with zero attached hydrogens (tertiary/aromatic N) is 3. The van der Waals surface area contributed by atoms with Crippen molar-refractivity contribution in [3.05, 3.63) is 53.5 Å². The third-order valence-corrected chi connectivity index (χ3v) is 6.20. The summed E-state index contributed by atoms with van der Waals surface area (Å²) in [5.41, 5.74) is 2.35. The maximum atomic E-state index is 14.7. The van der Waals surface area contributed by atoms with Crippen LogP contribution in [0.15, 0.2) is 36.5 Å². The Morgan fingerprint density at radius 3 is 2.45 bits per heavy atom. The number of amides is 1. The highest BCUT2D eigenvalue weighted by atomic mass is 32.2. The number of ether oxygens (including phenoxy) is 3. The van der Waals surface area contributed by atoms with Crippen molar-refractivity contribution in [2.45, 2.75) is 13.5 Å². The van der Waals surface area contributed by atoms with Crippen molar-refractivity contribution in [2.75, 3.05) is 45.1 Å². The van der Waals surface area contributed by atoms with Crippen LogP contribution in [0, 0.1) is 12.7 Å². The normalized spacial score (nSPS) is 11.6. The summed E-state index contributed by atoms with van der Waals surface area (Å²) < 4.78 is 55.4. The van der Waals surface area contributed by atoms with Crippen LogP contribution in [-0.2, 0) is 22.6 Å². The lowest BCUT2D eigenvalue weighted by Gasteiger charge is -2.26. The third kappa shape index (κ3) is 7.06. The van der Waals surface area contributed by atoms with E-state index in [1.54, 1.807) is 24.3 Å². The molecular formula is C24H28FN6O6S-. The standard InChI is InChI=1S/C24H29FN6O6S/c1-15-6-5-7-19(17(15)13-31(38(33)34)9-8-26-14-32)29-23-18(25)12-27-24(30-23)28-16-10-20(35-2)22(37-4)21(11-16)36-3/h5-7,10-12,14H,8-9,13H2,1-4H3,(H,26,32)(H,33,34)(H2,27,28,29,30)/p-1. The SMILES string of the molecule is COc1cc(Nc2ncc(F)c(Nc3cccc(C)c3CN(CCNC=O)S(=O)[O-])n2)cc(OC)c1OC. The molecular weight excluding hydrogens is 519 g/mol. The number of aromatic nitrogens is 2. The quantitative estimate of drug-likeness (QED) is 0.156. The summed E-state index contributed by atoms with van der Waals surface area (Å²) in [5.74, 6) is 0.460. The molecule has 0 bridgehead atoms. The van der Waals surface area contributed by atoms with Crippen molar-refractivity contribution in [3.8, 4) is 17.2 Å². The number of hydrogen-bond donors (Lipinski definition) is 3. The van der Waals surface area contributed by atoms with Crippen LogP contribution >= 0.6 is 0 Å². The van der Waals surface area contributed by atoms with Crippen LogP contribution in [-0.4, -0.2) is 63.9 Å². The number of aryl methyl sites for hydroxylation is 1. The van der Waals surface area contributed by atoms with Crippen LogP contribution < -0.4 is 30.2 Å². The number of carbonyl (C=O) groups is 1. The summed E-state index contributed by atoms with van der Waals surface area (Å²) in [4.78, 5) is 18.8. The van der Waals surface area contributed by atoms with E-state index in [0.29, 0.717) is 40.6 Å². The van der Waals surface area contributed by atoms with E-state index in [0.717, 1.165) is 16.1 Å². The van der Waals surface area contributed by atoms with Gasteiger partial charge in [-0.15, -0.1) is 0 Å². The van der Waals surface area contributed by atoms with E-state index in [2.05, 4.69) is 25.9 Å². The van der Waals surface area contributed by atoms with Gasteiger partial charge in [-0.2, -0.15) is 4.98 Å². The Bertz CT molecular complexity index is 1270. The van der Waals surface area contributed by atoms with E-state index in [-0.39, 0.29) is 31.4 Å². The van der Waals surface area contributed by atoms with Crippen molar-refractivity contribution >= 4 is 40.8 Å². The molecule has 1 heterocycles. The lowest BCUT2D eigenvalue weighted by molar-refractivity contribution is -0.109. The van der Waals surface area contributed by atoms with E-state index in [1.807, 2.05) is 13.0 Å². The topological polar surface area (TPSA) is 150 Å². The number of nitrogens with one attached hydrogen (secondary N) is 3.